The number of fused-ring (bicyclic) bond motifs is 4. The van der Waals surface area contributed by atoms with Crippen molar-refractivity contribution >= 4 is 27.2 Å². The summed E-state index contributed by atoms with van der Waals surface area (Å²) in [5.74, 6) is 1.88. The summed E-state index contributed by atoms with van der Waals surface area (Å²) in [6, 6.07) is 59.9. The summed E-state index contributed by atoms with van der Waals surface area (Å²) >= 11 is 0. The van der Waals surface area contributed by atoms with Crippen LogP contribution in [0.3, 0.4) is 0 Å². The standard InChI is InChI=1S/C56H44N4/c1-55(2)30-31-56(3,4)51-35-44(26-29-50(51)55)42-12-9-13-45(32-42)53-58-52(41-20-14-37(15-21-41)36-10-7-6-8-11-36)59-54(60-53)46-23-19-40-17-16-39-18-22-43(33-48(39)49(40)34-46)38-24-27-47(57-5)28-25-38/h6-29,32-35H,30-31H2,1-4H3. The molecule has 288 valence electrons. The Morgan fingerprint density at radius 1 is 0.383 bits per heavy atom. The van der Waals surface area contributed by atoms with E-state index in [0.717, 1.165) is 60.5 Å². The van der Waals surface area contributed by atoms with Gasteiger partial charge in [-0.1, -0.05) is 179 Å². The molecule has 0 atom stereocenters. The SMILES string of the molecule is [C-]#[N+]c1ccc(-c2ccc3ccc4ccc(-c5nc(-c6ccc(-c7ccccc7)cc6)nc(-c6cccc(-c7ccc8c(c7)C(C)(C)CCC8(C)C)c6)n5)cc4c3c2)cc1. The van der Waals surface area contributed by atoms with Crippen LogP contribution in [0.1, 0.15) is 51.7 Å². The van der Waals surface area contributed by atoms with Crippen LogP contribution in [0.25, 0.3) is 93.9 Å². The Morgan fingerprint density at radius 3 is 1.47 bits per heavy atom. The highest BCUT2D eigenvalue weighted by molar-refractivity contribution is 6.09. The van der Waals surface area contributed by atoms with Crippen LogP contribution in [0.5, 0.6) is 0 Å². The summed E-state index contributed by atoms with van der Waals surface area (Å²) in [4.78, 5) is 19.2. The second kappa shape index (κ2) is 14.6. The van der Waals surface area contributed by atoms with Crippen LogP contribution in [-0.4, -0.2) is 15.0 Å². The summed E-state index contributed by atoms with van der Waals surface area (Å²) < 4.78 is 0. The highest BCUT2D eigenvalue weighted by Gasteiger charge is 2.37. The molecule has 0 radical (unpaired) electrons. The molecular formula is C56H44N4. The van der Waals surface area contributed by atoms with Crippen LogP contribution in [0, 0.1) is 6.57 Å². The highest BCUT2D eigenvalue weighted by atomic mass is 15.0. The molecule has 1 aliphatic rings. The number of benzene rings is 8. The van der Waals surface area contributed by atoms with Gasteiger partial charge in [0.2, 0.25) is 0 Å². The molecule has 10 rings (SSSR count). The highest BCUT2D eigenvalue weighted by Crippen LogP contribution is 2.47. The van der Waals surface area contributed by atoms with E-state index in [0.29, 0.717) is 23.2 Å². The van der Waals surface area contributed by atoms with Crippen LogP contribution < -0.4 is 0 Å². The Bertz CT molecular complexity index is 3140. The topological polar surface area (TPSA) is 43.0 Å². The molecule has 4 nitrogen and oxygen atoms in total. The Morgan fingerprint density at radius 2 is 0.800 bits per heavy atom. The number of hydrogen-bond donors (Lipinski definition) is 0. The lowest BCUT2D eigenvalue weighted by Crippen LogP contribution is -2.33. The lowest BCUT2D eigenvalue weighted by molar-refractivity contribution is 0.332. The maximum Gasteiger partial charge on any atom is 0.187 e. The Balaban J connectivity index is 1.10. The average molecular weight is 773 g/mol. The van der Waals surface area contributed by atoms with Gasteiger partial charge in [0, 0.05) is 16.7 Å². The smallest absolute Gasteiger partial charge is 0.187 e. The number of aromatic nitrogens is 3. The molecule has 0 spiro atoms. The van der Waals surface area contributed by atoms with Gasteiger partial charge in [-0.05, 0) is 108 Å². The largest absolute Gasteiger partial charge is 0.238 e. The lowest BCUT2D eigenvalue weighted by atomic mass is 9.63. The third kappa shape index (κ3) is 6.83. The van der Waals surface area contributed by atoms with Gasteiger partial charge in [-0.15, -0.1) is 0 Å². The summed E-state index contributed by atoms with van der Waals surface area (Å²) in [7, 11) is 0. The molecule has 0 bridgehead atoms. The molecule has 4 heteroatoms. The number of nitrogens with zero attached hydrogens (tertiary/aromatic N) is 4. The van der Waals surface area contributed by atoms with Crippen molar-refractivity contribution in [1.29, 1.82) is 0 Å². The van der Waals surface area contributed by atoms with Gasteiger partial charge in [0.05, 0.1) is 6.57 Å². The van der Waals surface area contributed by atoms with Gasteiger partial charge in [-0.25, -0.2) is 19.8 Å². The molecule has 0 fully saturated rings. The van der Waals surface area contributed by atoms with Gasteiger partial charge in [-0.2, -0.15) is 0 Å². The predicted octanol–water partition coefficient (Wildman–Crippen LogP) is 15.1. The quantitative estimate of drug-likeness (QED) is 0.125. The Hall–Kier alpha value is -7.22. The minimum atomic E-state index is 0.115. The summed E-state index contributed by atoms with van der Waals surface area (Å²) in [6.45, 7) is 16.9. The van der Waals surface area contributed by atoms with E-state index in [1.54, 1.807) is 0 Å². The fraction of sp³-hybridized carbons (Fsp3) is 0.143. The normalized spacial score (nSPS) is 14.1. The van der Waals surface area contributed by atoms with Crippen molar-refractivity contribution in [3.8, 4) is 67.5 Å². The molecule has 60 heavy (non-hydrogen) atoms. The van der Waals surface area contributed by atoms with E-state index >= 15 is 0 Å². The molecule has 1 aromatic heterocycles. The van der Waals surface area contributed by atoms with Gasteiger partial charge in [-0.3, -0.25) is 0 Å². The zero-order valence-electron chi connectivity index (χ0n) is 34.4. The van der Waals surface area contributed by atoms with Gasteiger partial charge in [0.1, 0.15) is 0 Å². The van der Waals surface area contributed by atoms with E-state index in [-0.39, 0.29) is 10.8 Å². The average Bonchev–Trinajstić information content (AvgIpc) is 3.30. The molecule has 8 aromatic carbocycles. The molecule has 1 heterocycles. The van der Waals surface area contributed by atoms with Crippen molar-refractivity contribution in [1.82, 2.24) is 15.0 Å². The van der Waals surface area contributed by atoms with Crippen molar-refractivity contribution in [3.63, 3.8) is 0 Å². The molecule has 0 amide bonds. The lowest BCUT2D eigenvalue weighted by Gasteiger charge is -2.42. The van der Waals surface area contributed by atoms with E-state index in [9.17, 15) is 0 Å². The zero-order chi connectivity index (χ0) is 41.0. The first-order chi connectivity index (χ1) is 29.1. The van der Waals surface area contributed by atoms with Crippen LogP contribution >= 0.6 is 0 Å². The first-order valence-electron chi connectivity index (χ1n) is 20.7. The molecule has 0 saturated carbocycles. The Kier molecular flexibility index (Phi) is 8.99. The Labute approximate surface area is 352 Å². The van der Waals surface area contributed by atoms with Crippen LogP contribution in [0.4, 0.5) is 5.69 Å². The third-order valence-corrected chi connectivity index (χ3v) is 12.6. The van der Waals surface area contributed by atoms with Crippen molar-refractivity contribution in [2.45, 2.75) is 51.4 Å². The van der Waals surface area contributed by atoms with Gasteiger partial charge >= 0.3 is 0 Å². The zero-order valence-corrected chi connectivity index (χ0v) is 34.4. The van der Waals surface area contributed by atoms with E-state index in [2.05, 4.69) is 172 Å². The van der Waals surface area contributed by atoms with Gasteiger partial charge in [0.15, 0.2) is 23.2 Å². The first kappa shape index (κ1) is 37.1. The van der Waals surface area contributed by atoms with Crippen molar-refractivity contribution in [2.75, 3.05) is 0 Å². The molecule has 1 aliphatic carbocycles. The minimum Gasteiger partial charge on any atom is -0.238 e. The summed E-state index contributed by atoms with van der Waals surface area (Å²) in [5, 5.41) is 4.57. The second-order valence-corrected chi connectivity index (χ2v) is 17.5. The van der Waals surface area contributed by atoms with Crippen LogP contribution in [0.2, 0.25) is 0 Å². The van der Waals surface area contributed by atoms with Crippen LogP contribution in [-0.2, 0) is 10.8 Å². The summed E-state index contributed by atoms with van der Waals surface area (Å²) in [5.41, 5.74) is 13.4. The van der Waals surface area contributed by atoms with Crippen molar-refractivity contribution in [2.24, 2.45) is 0 Å². The van der Waals surface area contributed by atoms with E-state index in [1.807, 2.05) is 30.3 Å². The molecule has 0 saturated heterocycles. The maximum absolute atomic E-state index is 7.38. The van der Waals surface area contributed by atoms with Crippen molar-refractivity contribution in [3.05, 3.63) is 192 Å². The summed E-state index contributed by atoms with van der Waals surface area (Å²) in [6.07, 6.45) is 2.36. The molecular weight excluding hydrogens is 729 g/mol. The first-order valence-corrected chi connectivity index (χ1v) is 20.7. The van der Waals surface area contributed by atoms with Gasteiger partial charge in [0.25, 0.3) is 0 Å². The third-order valence-electron chi connectivity index (χ3n) is 12.6. The van der Waals surface area contributed by atoms with Crippen LogP contribution in [0.15, 0.2) is 170 Å². The molecule has 0 N–H and O–H groups in total. The predicted molar refractivity (Wildman–Crippen MR) is 249 cm³/mol. The van der Waals surface area contributed by atoms with Gasteiger partial charge < -0.3 is 0 Å². The molecule has 0 aliphatic heterocycles. The monoisotopic (exact) mass is 772 g/mol. The van der Waals surface area contributed by atoms with Crippen molar-refractivity contribution < 1.29 is 0 Å². The van der Waals surface area contributed by atoms with E-state index < -0.39 is 0 Å². The minimum absolute atomic E-state index is 0.115. The number of rotatable bonds is 6. The second-order valence-electron chi connectivity index (χ2n) is 17.5. The number of hydrogen-bond acceptors (Lipinski definition) is 3. The van der Waals surface area contributed by atoms with E-state index in [4.69, 9.17) is 21.5 Å². The molecule has 0 unspecified atom stereocenters. The fourth-order valence-electron chi connectivity index (χ4n) is 8.91. The maximum atomic E-state index is 7.38. The molecule has 9 aromatic rings. The fourth-order valence-corrected chi connectivity index (χ4v) is 8.91. The van der Waals surface area contributed by atoms with E-state index in [1.165, 1.54) is 35.1 Å².